The number of nitrogens with one attached hydrogen (secondary N) is 1. The van der Waals surface area contributed by atoms with Gasteiger partial charge in [0.05, 0.1) is 10.8 Å². The van der Waals surface area contributed by atoms with E-state index in [0.717, 1.165) is 17.7 Å². The minimum Gasteiger partial charge on any atom is -0.352 e. The molecule has 1 atom stereocenters. The highest BCUT2D eigenvalue weighted by Gasteiger charge is 2.33. The Morgan fingerprint density at radius 3 is 2.58 bits per heavy atom. The van der Waals surface area contributed by atoms with E-state index in [9.17, 15) is 17.6 Å². The number of rotatable bonds is 5. The van der Waals surface area contributed by atoms with Crippen molar-refractivity contribution < 1.29 is 17.6 Å². The van der Waals surface area contributed by atoms with Gasteiger partial charge in [0.15, 0.2) is 0 Å². The Kier molecular flexibility index (Phi) is 5.63. The summed E-state index contributed by atoms with van der Waals surface area (Å²) in [6.07, 6.45) is 4.55. The van der Waals surface area contributed by atoms with E-state index < -0.39 is 21.8 Å². The first-order valence-electron chi connectivity index (χ1n) is 8.39. The Morgan fingerprint density at radius 2 is 1.88 bits per heavy atom. The molecule has 0 saturated carbocycles. The fourth-order valence-electron chi connectivity index (χ4n) is 2.96. The second-order valence-corrected chi connectivity index (χ2v) is 8.17. The highest BCUT2D eigenvalue weighted by molar-refractivity contribution is 7.89. The van der Waals surface area contributed by atoms with Gasteiger partial charge < -0.3 is 5.32 Å². The van der Waals surface area contributed by atoms with Crippen LogP contribution in [0, 0.1) is 11.7 Å². The number of halogens is 1. The summed E-state index contributed by atoms with van der Waals surface area (Å²) in [5.41, 5.74) is 0.931. The molecule has 3 rings (SSSR count). The van der Waals surface area contributed by atoms with Gasteiger partial charge >= 0.3 is 0 Å². The average molecular weight is 377 g/mol. The van der Waals surface area contributed by atoms with Crippen LogP contribution < -0.4 is 5.32 Å². The summed E-state index contributed by atoms with van der Waals surface area (Å²) in [4.78, 5) is 16.4. The largest absolute Gasteiger partial charge is 0.352 e. The number of amides is 1. The topological polar surface area (TPSA) is 79.4 Å². The van der Waals surface area contributed by atoms with Crippen molar-refractivity contribution in [1.29, 1.82) is 0 Å². The molecule has 0 radical (unpaired) electrons. The van der Waals surface area contributed by atoms with Crippen LogP contribution in [-0.4, -0.2) is 36.7 Å². The highest BCUT2D eigenvalue weighted by Crippen LogP contribution is 2.24. The highest BCUT2D eigenvalue weighted by atomic mass is 32.2. The number of piperidine rings is 1. The van der Waals surface area contributed by atoms with Crippen LogP contribution in [0.15, 0.2) is 53.7 Å². The van der Waals surface area contributed by atoms with Gasteiger partial charge in [0.2, 0.25) is 15.9 Å². The first kappa shape index (κ1) is 18.5. The van der Waals surface area contributed by atoms with E-state index in [4.69, 9.17) is 0 Å². The first-order chi connectivity index (χ1) is 12.5. The number of sulfonamides is 1. The monoisotopic (exact) mass is 377 g/mol. The summed E-state index contributed by atoms with van der Waals surface area (Å²) in [6.45, 7) is 0.859. The quantitative estimate of drug-likeness (QED) is 0.864. The molecule has 1 amide bonds. The van der Waals surface area contributed by atoms with Gasteiger partial charge in [0.25, 0.3) is 0 Å². The zero-order valence-electron chi connectivity index (χ0n) is 14.1. The van der Waals surface area contributed by atoms with Crippen LogP contribution in [-0.2, 0) is 21.4 Å². The lowest BCUT2D eigenvalue weighted by molar-refractivity contribution is -0.126. The zero-order chi connectivity index (χ0) is 18.6. The Bertz CT molecular complexity index is 857. The van der Waals surface area contributed by atoms with E-state index in [0.29, 0.717) is 25.9 Å². The van der Waals surface area contributed by atoms with Crippen molar-refractivity contribution in [2.24, 2.45) is 5.92 Å². The van der Waals surface area contributed by atoms with Gasteiger partial charge in [-0.1, -0.05) is 0 Å². The molecule has 2 heterocycles. The predicted molar refractivity (Wildman–Crippen MR) is 94.0 cm³/mol. The van der Waals surface area contributed by atoms with Crippen molar-refractivity contribution in [3.63, 3.8) is 0 Å². The van der Waals surface area contributed by atoms with Gasteiger partial charge in [-0.15, -0.1) is 0 Å². The number of benzene rings is 1. The van der Waals surface area contributed by atoms with Crippen molar-refractivity contribution >= 4 is 15.9 Å². The molecule has 138 valence electrons. The maximum absolute atomic E-state index is 13.0. The molecule has 1 saturated heterocycles. The summed E-state index contributed by atoms with van der Waals surface area (Å²) in [6, 6.07) is 8.36. The summed E-state index contributed by atoms with van der Waals surface area (Å²) < 4.78 is 39.8. The van der Waals surface area contributed by atoms with Crippen molar-refractivity contribution in [3.8, 4) is 0 Å². The maximum atomic E-state index is 13.0. The third-order valence-corrected chi connectivity index (χ3v) is 6.30. The zero-order valence-corrected chi connectivity index (χ0v) is 15.0. The first-order valence-corrected chi connectivity index (χ1v) is 9.83. The molecule has 0 aliphatic carbocycles. The molecular weight excluding hydrogens is 357 g/mol. The van der Waals surface area contributed by atoms with Gasteiger partial charge in [0, 0.05) is 32.0 Å². The molecule has 26 heavy (non-hydrogen) atoms. The van der Waals surface area contributed by atoms with Crippen LogP contribution >= 0.6 is 0 Å². The van der Waals surface area contributed by atoms with Gasteiger partial charge in [-0.25, -0.2) is 12.8 Å². The molecule has 1 aromatic heterocycles. The molecule has 1 fully saturated rings. The third-order valence-electron chi connectivity index (χ3n) is 4.42. The molecule has 0 bridgehead atoms. The summed E-state index contributed by atoms with van der Waals surface area (Å²) >= 11 is 0. The summed E-state index contributed by atoms with van der Waals surface area (Å²) in [7, 11) is -3.73. The lowest BCUT2D eigenvalue weighted by Crippen LogP contribution is -2.45. The standard InChI is InChI=1S/C18H20FN3O3S/c19-16-3-5-17(6-4-16)26(24,25)22-11-1-2-15(13-22)18(23)21-12-14-7-9-20-10-8-14/h3-10,15H,1-2,11-13H2,(H,21,23)/t15-/m1/s1. The Morgan fingerprint density at radius 1 is 1.19 bits per heavy atom. The molecule has 1 aliphatic rings. The molecule has 1 aromatic carbocycles. The SMILES string of the molecule is O=C(NCc1ccncc1)[C@@H]1CCCN(S(=O)(=O)c2ccc(F)cc2)C1. The van der Waals surface area contributed by atoms with Gasteiger partial charge in [-0.05, 0) is 54.8 Å². The molecular formula is C18H20FN3O3S. The molecule has 2 aromatic rings. The molecule has 8 heteroatoms. The summed E-state index contributed by atoms with van der Waals surface area (Å²) in [5.74, 6) is -1.06. The predicted octanol–water partition coefficient (Wildman–Crippen LogP) is 1.94. The van der Waals surface area contributed by atoms with Crippen molar-refractivity contribution in [2.75, 3.05) is 13.1 Å². The molecule has 0 spiro atoms. The van der Waals surface area contributed by atoms with Crippen LogP contribution in [0.25, 0.3) is 0 Å². The number of carbonyl (C=O) groups is 1. The van der Waals surface area contributed by atoms with E-state index >= 15 is 0 Å². The number of aromatic nitrogens is 1. The van der Waals surface area contributed by atoms with Crippen LogP contribution in [0.1, 0.15) is 18.4 Å². The lowest BCUT2D eigenvalue weighted by atomic mass is 9.99. The average Bonchev–Trinajstić information content (AvgIpc) is 2.67. The second-order valence-electron chi connectivity index (χ2n) is 6.23. The molecule has 0 unspecified atom stereocenters. The second kappa shape index (κ2) is 7.92. The van der Waals surface area contributed by atoms with E-state index in [1.54, 1.807) is 12.4 Å². The van der Waals surface area contributed by atoms with Gasteiger partial charge in [-0.3, -0.25) is 9.78 Å². The van der Waals surface area contributed by atoms with E-state index in [2.05, 4.69) is 10.3 Å². The minimum absolute atomic E-state index is 0.0387. The number of carbonyl (C=O) groups excluding carboxylic acids is 1. The number of pyridine rings is 1. The van der Waals surface area contributed by atoms with Gasteiger partial charge in [-0.2, -0.15) is 4.31 Å². The van der Waals surface area contributed by atoms with E-state index in [-0.39, 0.29) is 17.3 Å². The number of nitrogens with zero attached hydrogens (tertiary/aromatic N) is 2. The van der Waals surface area contributed by atoms with Crippen LogP contribution in [0.3, 0.4) is 0 Å². The smallest absolute Gasteiger partial charge is 0.243 e. The number of hydrogen-bond donors (Lipinski definition) is 1. The fraction of sp³-hybridized carbons (Fsp3) is 0.333. The van der Waals surface area contributed by atoms with E-state index in [1.807, 2.05) is 12.1 Å². The van der Waals surface area contributed by atoms with Crippen molar-refractivity contribution in [3.05, 3.63) is 60.2 Å². The third kappa shape index (κ3) is 4.25. The minimum atomic E-state index is -3.73. The lowest BCUT2D eigenvalue weighted by Gasteiger charge is -2.31. The van der Waals surface area contributed by atoms with Crippen LogP contribution in [0.4, 0.5) is 4.39 Å². The fourth-order valence-corrected chi connectivity index (χ4v) is 4.49. The van der Waals surface area contributed by atoms with Crippen molar-refractivity contribution in [2.45, 2.75) is 24.3 Å². The molecule has 6 nitrogen and oxygen atoms in total. The van der Waals surface area contributed by atoms with Crippen molar-refractivity contribution in [1.82, 2.24) is 14.6 Å². The number of hydrogen-bond acceptors (Lipinski definition) is 4. The molecule has 1 N–H and O–H groups in total. The maximum Gasteiger partial charge on any atom is 0.243 e. The molecule has 1 aliphatic heterocycles. The van der Waals surface area contributed by atoms with Gasteiger partial charge in [0.1, 0.15) is 5.82 Å². The normalized spacial score (nSPS) is 18.4. The Hall–Kier alpha value is -2.32. The van der Waals surface area contributed by atoms with Crippen LogP contribution in [0.2, 0.25) is 0 Å². The summed E-state index contributed by atoms with van der Waals surface area (Å²) in [5, 5.41) is 2.85. The Labute approximate surface area is 152 Å². The van der Waals surface area contributed by atoms with E-state index in [1.165, 1.54) is 16.4 Å². The Balaban J connectivity index is 1.64. The van der Waals surface area contributed by atoms with Crippen LogP contribution in [0.5, 0.6) is 0 Å².